The Bertz CT molecular complexity index is 1550. The molecular weight excluding hydrogens is 606 g/mol. The van der Waals surface area contributed by atoms with Crippen LogP contribution in [0.3, 0.4) is 0 Å². The van der Waals surface area contributed by atoms with E-state index in [0.29, 0.717) is 54.4 Å². The first-order valence-corrected chi connectivity index (χ1v) is 17.7. The molecule has 1 unspecified atom stereocenters. The number of nitrogens with zero attached hydrogens (tertiary/aromatic N) is 4. The SMILES string of the molecule is CCCCN(CCCC)C(=O)c1cc(C)n(-c2ccc(NC(=O)COC3CCCCC3)cc2C(=O)N2Cc3ccccc3CC2CO)n1. The molecule has 5 rings (SSSR count). The summed E-state index contributed by atoms with van der Waals surface area (Å²) in [4.78, 5) is 44.7. The summed E-state index contributed by atoms with van der Waals surface area (Å²) in [6.07, 6.45) is 9.80. The van der Waals surface area contributed by atoms with Crippen LogP contribution in [-0.4, -0.2) is 80.9 Å². The summed E-state index contributed by atoms with van der Waals surface area (Å²) in [5.41, 5.74) is 4.46. The van der Waals surface area contributed by atoms with Crippen molar-refractivity contribution in [3.8, 4) is 5.69 Å². The number of benzene rings is 2. The molecule has 0 saturated heterocycles. The molecule has 10 nitrogen and oxygen atoms in total. The van der Waals surface area contributed by atoms with Crippen molar-refractivity contribution >= 4 is 23.4 Å². The molecule has 1 saturated carbocycles. The molecule has 258 valence electrons. The predicted octanol–water partition coefficient (Wildman–Crippen LogP) is 6.07. The Hall–Kier alpha value is -4.02. The van der Waals surface area contributed by atoms with E-state index in [1.54, 1.807) is 33.8 Å². The zero-order valence-corrected chi connectivity index (χ0v) is 28.7. The number of unbranched alkanes of at least 4 members (excludes halogenated alkanes) is 2. The number of anilines is 1. The third kappa shape index (κ3) is 8.52. The van der Waals surface area contributed by atoms with Gasteiger partial charge in [-0.15, -0.1) is 0 Å². The van der Waals surface area contributed by atoms with Gasteiger partial charge in [0.05, 0.1) is 30.0 Å². The first-order chi connectivity index (χ1) is 23.3. The molecule has 48 heavy (non-hydrogen) atoms. The highest BCUT2D eigenvalue weighted by atomic mass is 16.5. The number of hydrogen-bond donors (Lipinski definition) is 2. The van der Waals surface area contributed by atoms with Gasteiger partial charge >= 0.3 is 0 Å². The molecule has 2 aromatic carbocycles. The van der Waals surface area contributed by atoms with Gasteiger partial charge in [-0.05, 0) is 74.4 Å². The van der Waals surface area contributed by atoms with Gasteiger partial charge < -0.3 is 25.0 Å². The zero-order chi connectivity index (χ0) is 34.0. The van der Waals surface area contributed by atoms with Gasteiger partial charge in [0.15, 0.2) is 5.69 Å². The van der Waals surface area contributed by atoms with E-state index in [2.05, 4.69) is 19.2 Å². The van der Waals surface area contributed by atoms with Crippen molar-refractivity contribution in [2.45, 2.75) is 104 Å². The highest BCUT2D eigenvalue weighted by Crippen LogP contribution is 2.29. The van der Waals surface area contributed by atoms with Crippen molar-refractivity contribution in [3.05, 3.63) is 76.6 Å². The van der Waals surface area contributed by atoms with E-state index in [0.717, 1.165) is 62.5 Å². The fourth-order valence-electron chi connectivity index (χ4n) is 6.73. The van der Waals surface area contributed by atoms with Crippen LogP contribution >= 0.6 is 0 Å². The molecule has 2 heterocycles. The Morgan fingerprint density at radius 3 is 2.38 bits per heavy atom. The summed E-state index contributed by atoms with van der Waals surface area (Å²) in [6, 6.07) is 14.5. The number of aliphatic hydroxyl groups excluding tert-OH is 1. The number of aliphatic hydroxyl groups is 1. The second-order valence-corrected chi connectivity index (χ2v) is 13.2. The van der Waals surface area contributed by atoms with Crippen LogP contribution in [0.25, 0.3) is 5.69 Å². The summed E-state index contributed by atoms with van der Waals surface area (Å²) in [5, 5.41) is 18.0. The van der Waals surface area contributed by atoms with E-state index in [4.69, 9.17) is 9.84 Å². The molecular formula is C38H51N5O5. The average molecular weight is 658 g/mol. The molecule has 1 atom stereocenters. The number of carbonyl (C=O) groups excluding carboxylic acids is 3. The van der Waals surface area contributed by atoms with E-state index in [-0.39, 0.29) is 37.0 Å². The number of hydrogen-bond acceptors (Lipinski definition) is 6. The maximum Gasteiger partial charge on any atom is 0.274 e. The lowest BCUT2D eigenvalue weighted by Gasteiger charge is -2.36. The summed E-state index contributed by atoms with van der Waals surface area (Å²) < 4.78 is 7.53. The number of rotatable bonds is 14. The lowest BCUT2D eigenvalue weighted by molar-refractivity contribution is -0.123. The Morgan fingerprint density at radius 1 is 0.979 bits per heavy atom. The molecule has 1 aliphatic heterocycles. The Kier molecular flexibility index (Phi) is 12.4. The summed E-state index contributed by atoms with van der Waals surface area (Å²) >= 11 is 0. The first-order valence-electron chi connectivity index (χ1n) is 17.7. The number of aromatic nitrogens is 2. The molecule has 0 bridgehead atoms. The Morgan fingerprint density at radius 2 is 1.69 bits per heavy atom. The minimum Gasteiger partial charge on any atom is -0.394 e. The van der Waals surface area contributed by atoms with Crippen LogP contribution in [0.5, 0.6) is 0 Å². The lowest BCUT2D eigenvalue weighted by atomic mass is 9.93. The van der Waals surface area contributed by atoms with Crippen molar-refractivity contribution in [3.63, 3.8) is 0 Å². The van der Waals surface area contributed by atoms with E-state index in [1.165, 1.54) is 6.42 Å². The van der Waals surface area contributed by atoms with Crippen molar-refractivity contribution < 1.29 is 24.2 Å². The molecule has 2 aliphatic rings. The van der Waals surface area contributed by atoms with Gasteiger partial charge in [-0.3, -0.25) is 14.4 Å². The molecule has 3 aromatic rings. The van der Waals surface area contributed by atoms with Crippen LogP contribution in [-0.2, 0) is 22.5 Å². The van der Waals surface area contributed by atoms with Gasteiger partial charge in [0, 0.05) is 31.0 Å². The molecule has 0 spiro atoms. The molecule has 1 fully saturated rings. The van der Waals surface area contributed by atoms with Crippen LogP contribution in [0.2, 0.25) is 0 Å². The van der Waals surface area contributed by atoms with Gasteiger partial charge in [0.1, 0.15) is 6.61 Å². The fourth-order valence-corrected chi connectivity index (χ4v) is 6.73. The minimum atomic E-state index is -0.413. The van der Waals surface area contributed by atoms with Crippen LogP contribution < -0.4 is 5.32 Å². The summed E-state index contributed by atoms with van der Waals surface area (Å²) in [6.45, 7) is 7.53. The van der Waals surface area contributed by atoms with Gasteiger partial charge in [0.25, 0.3) is 11.8 Å². The molecule has 0 radical (unpaired) electrons. The Balaban J connectivity index is 1.46. The normalized spacial score (nSPS) is 16.4. The number of carbonyl (C=O) groups is 3. The van der Waals surface area contributed by atoms with Gasteiger partial charge in [-0.1, -0.05) is 70.2 Å². The number of aryl methyl sites for hydroxylation is 1. The molecule has 1 aromatic heterocycles. The van der Waals surface area contributed by atoms with Gasteiger partial charge in [0.2, 0.25) is 5.91 Å². The maximum absolute atomic E-state index is 14.5. The van der Waals surface area contributed by atoms with Crippen molar-refractivity contribution in [1.29, 1.82) is 0 Å². The van der Waals surface area contributed by atoms with Gasteiger partial charge in [-0.2, -0.15) is 5.10 Å². The van der Waals surface area contributed by atoms with Crippen LogP contribution in [0.4, 0.5) is 5.69 Å². The van der Waals surface area contributed by atoms with E-state index >= 15 is 0 Å². The third-order valence-corrected chi connectivity index (χ3v) is 9.53. The lowest BCUT2D eigenvalue weighted by Crippen LogP contribution is -2.46. The standard InChI is InChI=1S/C38H51N5O5/c1-4-6-19-41(20-7-5-2)38(47)34-21-27(3)43(40-34)35-18-17-30(39-36(45)26-48-32-15-9-8-10-16-32)23-33(35)37(46)42-24-29-14-12-11-13-28(29)22-31(42)25-44/h11-14,17-18,21,23,31-32,44H,4-10,15-16,19-20,22,24-26H2,1-3H3,(H,39,45). The number of amides is 3. The maximum atomic E-state index is 14.5. The average Bonchev–Trinajstić information content (AvgIpc) is 3.51. The molecule has 3 amide bonds. The van der Waals surface area contributed by atoms with E-state index < -0.39 is 6.04 Å². The summed E-state index contributed by atoms with van der Waals surface area (Å²) in [7, 11) is 0. The topological polar surface area (TPSA) is 117 Å². The van der Waals surface area contributed by atoms with Crippen molar-refractivity contribution in [2.75, 3.05) is 31.6 Å². The number of nitrogens with one attached hydrogen (secondary N) is 1. The van der Waals surface area contributed by atoms with Gasteiger partial charge in [-0.25, -0.2) is 4.68 Å². The summed E-state index contributed by atoms with van der Waals surface area (Å²) in [5.74, 6) is -0.695. The first kappa shape index (κ1) is 35.3. The smallest absolute Gasteiger partial charge is 0.274 e. The molecule has 10 heteroatoms. The second kappa shape index (κ2) is 16.9. The third-order valence-electron chi connectivity index (χ3n) is 9.53. The van der Waals surface area contributed by atoms with Crippen molar-refractivity contribution in [1.82, 2.24) is 19.6 Å². The number of fused-ring (bicyclic) bond motifs is 1. The number of ether oxygens (including phenoxy) is 1. The van der Waals surface area contributed by atoms with E-state index in [1.807, 2.05) is 36.1 Å². The van der Waals surface area contributed by atoms with Crippen molar-refractivity contribution in [2.24, 2.45) is 0 Å². The largest absolute Gasteiger partial charge is 0.394 e. The minimum absolute atomic E-state index is 0.0541. The highest BCUT2D eigenvalue weighted by Gasteiger charge is 2.32. The monoisotopic (exact) mass is 657 g/mol. The fraction of sp³-hybridized carbons (Fsp3) is 0.526. The van der Waals surface area contributed by atoms with Crippen LogP contribution in [0.15, 0.2) is 48.5 Å². The van der Waals surface area contributed by atoms with E-state index in [9.17, 15) is 19.5 Å². The quantitative estimate of drug-likeness (QED) is 0.217. The molecule has 1 aliphatic carbocycles. The predicted molar refractivity (Wildman–Crippen MR) is 186 cm³/mol. The Labute approximate surface area is 284 Å². The van der Waals surface area contributed by atoms with Crippen LogP contribution in [0, 0.1) is 6.92 Å². The zero-order valence-electron chi connectivity index (χ0n) is 28.7. The highest BCUT2D eigenvalue weighted by molar-refractivity contribution is 6.01. The second-order valence-electron chi connectivity index (χ2n) is 13.2. The van der Waals surface area contributed by atoms with Crippen LogP contribution in [0.1, 0.15) is 109 Å². The molecule has 2 N–H and O–H groups in total.